The molecule has 0 spiro atoms. The van der Waals surface area contributed by atoms with E-state index in [1.807, 2.05) is 60.7 Å². The first-order valence-corrected chi connectivity index (χ1v) is 7.36. The molecule has 0 heterocycles. The van der Waals surface area contributed by atoms with Crippen molar-refractivity contribution >= 4 is 17.7 Å². The van der Waals surface area contributed by atoms with Gasteiger partial charge in [-0.1, -0.05) is 60.7 Å². The van der Waals surface area contributed by atoms with Crippen LogP contribution in [0, 0.1) is 5.92 Å². The molecule has 2 rings (SSSR count). The fourth-order valence-electron chi connectivity index (χ4n) is 2.07. The summed E-state index contributed by atoms with van der Waals surface area (Å²) in [5.41, 5.74) is 1.67. The van der Waals surface area contributed by atoms with Crippen LogP contribution in [0.25, 0.3) is 0 Å². The first-order valence-electron chi connectivity index (χ1n) is 7.36. The summed E-state index contributed by atoms with van der Waals surface area (Å²) in [6.07, 6.45) is 1.14. The van der Waals surface area contributed by atoms with E-state index < -0.39 is 17.9 Å². The van der Waals surface area contributed by atoms with E-state index in [4.69, 9.17) is 5.11 Å². The Hall–Kier alpha value is -3.21. The Morgan fingerprint density at radius 3 is 1.75 bits per heavy atom. The van der Waals surface area contributed by atoms with Crippen molar-refractivity contribution in [1.82, 2.24) is 0 Å². The van der Waals surface area contributed by atoms with Crippen LogP contribution in [0.3, 0.4) is 0 Å². The SMILES string of the molecule is CC(C=C(N=C(c1ccccc1)c1ccccc1)C(=O)O)C(=O)O. The van der Waals surface area contributed by atoms with Gasteiger partial charge in [-0.3, -0.25) is 4.79 Å². The van der Waals surface area contributed by atoms with E-state index in [9.17, 15) is 14.7 Å². The van der Waals surface area contributed by atoms with Crippen LogP contribution in [0.2, 0.25) is 0 Å². The third-order valence-electron chi connectivity index (χ3n) is 3.34. The molecule has 24 heavy (non-hydrogen) atoms. The van der Waals surface area contributed by atoms with Crippen molar-refractivity contribution < 1.29 is 19.8 Å². The van der Waals surface area contributed by atoms with Crippen molar-refractivity contribution in [1.29, 1.82) is 0 Å². The van der Waals surface area contributed by atoms with Crippen molar-refractivity contribution in [3.05, 3.63) is 83.6 Å². The summed E-state index contributed by atoms with van der Waals surface area (Å²) in [5.74, 6) is -3.33. The van der Waals surface area contributed by atoms with Gasteiger partial charge in [-0.2, -0.15) is 0 Å². The van der Waals surface area contributed by atoms with E-state index >= 15 is 0 Å². The summed E-state index contributed by atoms with van der Waals surface area (Å²) in [6.45, 7) is 1.41. The molecule has 0 aromatic heterocycles. The van der Waals surface area contributed by atoms with Gasteiger partial charge in [-0.05, 0) is 13.0 Å². The fourth-order valence-corrected chi connectivity index (χ4v) is 2.07. The Morgan fingerprint density at radius 2 is 1.38 bits per heavy atom. The molecule has 1 unspecified atom stereocenters. The zero-order valence-electron chi connectivity index (χ0n) is 13.1. The Balaban J connectivity index is 2.59. The predicted molar refractivity (Wildman–Crippen MR) is 91.0 cm³/mol. The van der Waals surface area contributed by atoms with E-state index in [0.29, 0.717) is 5.71 Å². The molecule has 0 aliphatic carbocycles. The molecule has 0 radical (unpaired) electrons. The van der Waals surface area contributed by atoms with Crippen LogP contribution in [0.4, 0.5) is 0 Å². The second kappa shape index (κ2) is 7.87. The molecule has 0 aliphatic heterocycles. The molecule has 0 fully saturated rings. The molecule has 2 N–H and O–H groups in total. The van der Waals surface area contributed by atoms with Crippen molar-refractivity contribution in [3.8, 4) is 0 Å². The zero-order chi connectivity index (χ0) is 17.5. The molecular weight excluding hydrogens is 306 g/mol. The van der Waals surface area contributed by atoms with Crippen LogP contribution >= 0.6 is 0 Å². The van der Waals surface area contributed by atoms with E-state index in [0.717, 1.165) is 17.2 Å². The molecule has 2 aromatic rings. The largest absolute Gasteiger partial charge is 0.481 e. The highest BCUT2D eigenvalue weighted by Crippen LogP contribution is 2.15. The van der Waals surface area contributed by atoms with E-state index in [2.05, 4.69) is 4.99 Å². The third kappa shape index (κ3) is 4.39. The molecule has 0 aliphatic rings. The van der Waals surface area contributed by atoms with E-state index in [1.54, 1.807) is 0 Å². The molecule has 1 atom stereocenters. The lowest BCUT2D eigenvalue weighted by Crippen LogP contribution is -2.12. The monoisotopic (exact) mass is 323 g/mol. The summed E-state index contributed by atoms with van der Waals surface area (Å²) in [6, 6.07) is 18.3. The maximum absolute atomic E-state index is 11.5. The summed E-state index contributed by atoms with van der Waals surface area (Å²) in [4.78, 5) is 26.7. The van der Waals surface area contributed by atoms with Crippen LogP contribution in [0.15, 0.2) is 77.4 Å². The summed E-state index contributed by atoms with van der Waals surface area (Å²) in [5, 5.41) is 18.4. The van der Waals surface area contributed by atoms with Gasteiger partial charge in [0.1, 0.15) is 5.70 Å². The minimum atomic E-state index is -1.27. The Labute approximate surface area is 139 Å². The van der Waals surface area contributed by atoms with Gasteiger partial charge in [-0.25, -0.2) is 9.79 Å². The lowest BCUT2D eigenvalue weighted by molar-refractivity contribution is -0.139. The normalized spacial score (nSPS) is 12.3. The molecule has 5 heteroatoms. The van der Waals surface area contributed by atoms with Gasteiger partial charge >= 0.3 is 11.9 Å². The number of benzene rings is 2. The van der Waals surface area contributed by atoms with E-state index in [1.165, 1.54) is 6.92 Å². The number of carbonyl (C=O) groups is 2. The van der Waals surface area contributed by atoms with Gasteiger partial charge < -0.3 is 10.2 Å². The van der Waals surface area contributed by atoms with Gasteiger partial charge in [0, 0.05) is 11.1 Å². The van der Waals surface area contributed by atoms with Crippen molar-refractivity contribution in [2.75, 3.05) is 0 Å². The van der Waals surface area contributed by atoms with Gasteiger partial charge in [-0.15, -0.1) is 0 Å². The minimum Gasteiger partial charge on any atom is -0.481 e. The Kier molecular flexibility index (Phi) is 5.63. The zero-order valence-corrected chi connectivity index (χ0v) is 13.1. The highest BCUT2D eigenvalue weighted by Gasteiger charge is 2.16. The number of hydrogen-bond donors (Lipinski definition) is 2. The Bertz CT molecular complexity index is 738. The summed E-state index contributed by atoms with van der Waals surface area (Å²) in [7, 11) is 0. The number of carboxylic acids is 2. The second-order valence-electron chi connectivity index (χ2n) is 5.18. The lowest BCUT2D eigenvalue weighted by Gasteiger charge is -2.08. The topological polar surface area (TPSA) is 87.0 Å². The quantitative estimate of drug-likeness (QED) is 0.631. The molecule has 0 bridgehead atoms. The number of hydrogen-bond acceptors (Lipinski definition) is 3. The standard InChI is InChI=1S/C19H17NO4/c1-13(18(21)22)12-16(19(23)24)20-17(14-8-4-2-5-9-14)15-10-6-3-7-11-15/h2-13H,1H3,(H,21,22)(H,23,24). The number of carboxylic acid groups (broad SMARTS) is 2. The summed E-state index contributed by atoms with van der Waals surface area (Å²) >= 11 is 0. The van der Waals surface area contributed by atoms with Crippen molar-refractivity contribution in [2.45, 2.75) is 6.92 Å². The second-order valence-corrected chi connectivity index (χ2v) is 5.18. The number of aliphatic imine (C=N–C) groups is 1. The Morgan fingerprint density at radius 1 is 0.917 bits per heavy atom. The number of nitrogens with zero attached hydrogens (tertiary/aromatic N) is 1. The van der Waals surface area contributed by atoms with Gasteiger partial charge in [0.2, 0.25) is 0 Å². The average molecular weight is 323 g/mol. The molecule has 5 nitrogen and oxygen atoms in total. The van der Waals surface area contributed by atoms with Gasteiger partial charge in [0.25, 0.3) is 0 Å². The molecule has 0 amide bonds. The highest BCUT2D eigenvalue weighted by molar-refractivity contribution is 6.14. The minimum absolute atomic E-state index is 0.299. The molecule has 0 saturated carbocycles. The van der Waals surface area contributed by atoms with Crippen LogP contribution < -0.4 is 0 Å². The smallest absolute Gasteiger partial charge is 0.354 e. The van der Waals surface area contributed by atoms with Gasteiger partial charge in [0.15, 0.2) is 0 Å². The van der Waals surface area contributed by atoms with Crippen molar-refractivity contribution in [3.63, 3.8) is 0 Å². The highest BCUT2D eigenvalue weighted by atomic mass is 16.4. The van der Waals surface area contributed by atoms with Crippen LogP contribution in [0.5, 0.6) is 0 Å². The maximum Gasteiger partial charge on any atom is 0.354 e. The van der Waals surface area contributed by atoms with Crippen LogP contribution in [-0.4, -0.2) is 27.9 Å². The van der Waals surface area contributed by atoms with E-state index in [-0.39, 0.29) is 5.70 Å². The first kappa shape index (κ1) is 17.1. The predicted octanol–water partition coefficient (Wildman–Crippen LogP) is 3.21. The van der Waals surface area contributed by atoms with Crippen molar-refractivity contribution in [2.24, 2.45) is 10.9 Å². The molecule has 0 saturated heterocycles. The summed E-state index contributed by atoms with van der Waals surface area (Å²) < 4.78 is 0. The number of aliphatic carboxylic acids is 2. The fraction of sp³-hybridized carbons (Fsp3) is 0.105. The van der Waals surface area contributed by atoms with Crippen LogP contribution in [-0.2, 0) is 9.59 Å². The van der Waals surface area contributed by atoms with Gasteiger partial charge in [0.05, 0.1) is 11.6 Å². The average Bonchev–Trinajstić information content (AvgIpc) is 2.59. The van der Waals surface area contributed by atoms with Crippen LogP contribution in [0.1, 0.15) is 18.1 Å². The third-order valence-corrected chi connectivity index (χ3v) is 3.34. The number of rotatable bonds is 6. The lowest BCUT2D eigenvalue weighted by atomic mass is 10.0. The maximum atomic E-state index is 11.5. The first-order chi connectivity index (χ1) is 11.5. The molecule has 2 aromatic carbocycles. The molecule has 122 valence electrons. The molecular formula is C19H17NO4.